The second-order valence-corrected chi connectivity index (χ2v) is 5.22. The fraction of sp³-hybridized carbons (Fsp3) is 1.00. The molecule has 1 unspecified atom stereocenters. The molecule has 4 heteroatoms. The summed E-state index contributed by atoms with van der Waals surface area (Å²) in [5, 5.41) is 0. The van der Waals surface area contributed by atoms with E-state index in [1.807, 2.05) is 13.8 Å². The minimum Gasteiger partial charge on any atom is -0.353 e. The van der Waals surface area contributed by atoms with Gasteiger partial charge in [-0.1, -0.05) is 0 Å². The van der Waals surface area contributed by atoms with Crippen LogP contribution in [0.2, 0.25) is 0 Å². The zero-order chi connectivity index (χ0) is 13.4. The van der Waals surface area contributed by atoms with Gasteiger partial charge in [-0.25, -0.2) is 0 Å². The van der Waals surface area contributed by atoms with Gasteiger partial charge in [-0.05, 0) is 47.3 Å². The Labute approximate surface area is 112 Å². The van der Waals surface area contributed by atoms with Crippen LogP contribution in [-0.2, 0) is 9.47 Å². The van der Waals surface area contributed by atoms with Crippen LogP contribution >= 0.6 is 0 Å². The molecule has 0 aromatic heterocycles. The molecule has 0 aliphatic carbocycles. The topological polar surface area (TPSA) is 24.9 Å². The minimum atomic E-state index is -0.0272. The summed E-state index contributed by atoms with van der Waals surface area (Å²) in [4.78, 5) is 4.87. The van der Waals surface area contributed by atoms with Gasteiger partial charge in [0.05, 0.1) is 0 Å². The summed E-state index contributed by atoms with van der Waals surface area (Å²) in [5.74, 6) is 0. The highest BCUT2D eigenvalue weighted by Crippen LogP contribution is 2.18. The molecule has 0 N–H and O–H groups in total. The summed E-state index contributed by atoms with van der Waals surface area (Å²) in [5.41, 5.74) is 0. The van der Waals surface area contributed by atoms with Crippen LogP contribution in [-0.4, -0.2) is 69.1 Å². The predicted molar refractivity (Wildman–Crippen MR) is 74.8 cm³/mol. The van der Waals surface area contributed by atoms with Gasteiger partial charge in [0.2, 0.25) is 0 Å². The van der Waals surface area contributed by atoms with Crippen molar-refractivity contribution in [1.29, 1.82) is 0 Å². The van der Waals surface area contributed by atoms with Crippen molar-refractivity contribution in [3.63, 3.8) is 0 Å². The van der Waals surface area contributed by atoms with Crippen LogP contribution in [0, 0.1) is 0 Å². The molecular weight excluding hydrogens is 228 g/mol. The second-order valence-electron chi connectivity index (χ2n) is 5.22. The van der Waals surface area contributed by atoms with Crippen molar-refractivity contribution in [2.75, 3.05) is 46.9 Å². The first kappa shape index (κ1) is 15.9. The maximum Gasteiger partial charge on any atom is 0.158 e. The van der Waals surface area contributed by atoms with E-state index in [0.717, 1.165) is 32.7 Å². The van der Waals surface area contributed by atoms with Crippen molar-refractivity contribution >= 4 is 0 Å². The van der Waals surface area contributed by atoms with E-state index >= 15 is 0 Å². The van der Waals surface area contributed by atoms with Crippen LogP contribution in [0.3, 0.4) is 0 Å². The molecule has 108 valence electrons. The van der Waals surface area contributed by atoms with E-state index in [1.54, 1.807) is 0 Å². The molecule has 1 fully saturated rings. The summed E-state index contributed by atoms with van der Waals surface area (Å²) < 4.78 is 11.2. The van der Waals surface area contributed by atoms with Gasteiger partial charge in [0.25, 0.3) is 0 Å². The van der Waals surface area contributed by atoms with Crippen LogP contribution in [0.25, 0.3) is 0 Å². The molecule has 0 aromatic carbocycles. The van der Waals surface area contributed by atoms with Crippen molar-refractivity contribution in [3.05, 3.63) is 0 Å². The summed E-state index contributed by atoms with van der Waals surface area (Å²) in [6.45, 7) is 8.98. The molecular formula is C14H30N2O2. The van der Waals surface area contributed by atoms with E-state index in [-0.39, 0.29) is 6.29 Å². The lowest BCUT2D eigenvalue weighted by Crippen LogP contribution is -2.39. The highest BCUT2D eigenvalue weighted by Gasteiger charge is 2.25. The molecule has 0 bridgehead atoms. The molecule has 1 saturated heterocycles. The molecule has 0 radical (unpaired) electrons. The first-order valence-electron chi connectivity index (χ1n) is 7.29. The number of ether oxygens (including phenoxy) is 2. The normalized spacial score (nSPS) is 21.3. The maximum atomic E-state index is 5.60. The maximum absolute atomic E-state index is 5.60. The standard InChI is InChI=1S/C14H30N2O2/c1-5-17-14(18-6-2)9-11-16-10-7-8-13(16)12-15(3)4/h13-14H,5-12H2,1-4H3. The molecule has 1 aliphatic heterocycles. The third kappa shape index (κ3) is 5.65. The molecule has 1 atom stereocenters. The largest absolute Gasteiger partial charge is 0.353 e. The van der Waals surface area contributed by atoms with Gasteiger partial charge in [-0.2, -0.15) is 0 Å². The Morgan fingerprint density at radius 2 is 1.89 bits per heavy atom. The molecule has 18 heavy (non-hydrogen) atoms. The Morgan fingerprint density at radius 1 is 1.22 bits per heavy atom. The number of rotatable bonds is 9. The quantitative estimate of drug-likeness (QED) is 0.589. The Kier molecular flexibility index (Phi) is 7.82. The zero-order valence-corrected chi connectivity index (χ0v) is 12.5. The lowest BCUT2D eigenvalue weighted by molar-refractivity contribution is -0.142. The lowest BCUT2D eigenvalue weighted by Gasteiger charge is -2.28. The Morgan fingerprint density at radius 3 is 2.44 bits per heavy atom. The van der Waals surface area contributed by atoms with E-state index in [2.05, 4.69) is 23.9 Å². The Balaban J connectivity index is 2.31. The summed E-state index contributed by atoms with van der Waals surface area (Å²) in [6.07, 6.45) is 3.60. The third-order valence-corrected chi connectivity index (χ3v) is 3.43. The van der Waals surface area contributed by atoms with Crippen LogP contribution in [0.15, 0.2) is 0 Å². The van der Waals surface area contributed by atoms with Crippen LogP contribution in [0.4, 0.5) is 0 Å². The average molecular weight is 258 g/mol. The molecule has 0 spiro atoms. The van der Waals surface area contributed by atoms with Gasteiger partial charge in [0.15, 0.2) is 6.29 Å². The molecule has 0 amide bonds. The smallest absolute Gasteiger partial charge is 0.158 e. The minimum absolute atomic E-state index is 0.0272. The molecule has 1 aliphatic rings. The molecule has 4 nitrogen and oxygen atoms in total. The van der Waals surface area contributed by atoms with Gasteiger partial charge in [0.1, 0.15) is 0 Å². The SMILES string of the molecule is CCOC(CCN1CCCC1CN(C)C)OCC. The number of hydrogen-bond acceptors (Lipinski definition) is 4. The fourth-order valence-corrected chi connectivity index (χ4v) is 2.68. The highest BCUT2D eigenvalue weighted by molar-refractivity contribution is 4.80. The first-order valence-corrected chi connectivity index (χ1v) is 7.29. The van der Waals surface area contributed by atoms with Gasteiger partial charge in [-0.3, -0.25) is 4.90 Å². The van der Waals surface area contributed by atoms with Crippen molar-refractivity contribution in [1.82, 2.24) is 9.80 Å². The van der Waals surface area contributed by atoms with Gasteiger partial charge in [-0.15, -0.1) is 0 Å². The van der Waals surface area contributed by atoms with Crippen molar-refractivity contribution in [3.8, 4) is 0 Å². The third-order valence-electron chi connectivity index (χ3n) is 3.43. The number of nitrogens with zero attached hydrogens (tertiary/aromatic N) is 2. The molecule has 1 heterocycles. The van der Waals surface area contributed by atoms with E-state index < -0.39 is 0 Å². The molecule has 0 aromatic rings. The Bertz CT molecular complexity index is 206. The Hall–Kier alpha value is -0.160. The zero-order valence-electron chi connectivity index (χ0n) is 12.5. The van der Waals surface area contributed by atoms with Crippen molar-refractivity contribution in [2.24, 2.45) is 0 Å². The van der Waals surface area contributed by atoms with Crippen molar-refractivity contribution < 1.29 is 9.47 Å². The number of hydrogen-bond donors (Lipinski definition) is 0. The first-order chi connectivity index (χ1) is 8.67. The fourth-order valence-electron chi connectivity index (χ4n) is 2.68. The van der Waals surface area contributed by atoms with Crippen LogP contribution in [0.5, 0.6) is 0 Å². The molecule has 1 rings (SSSR count). The summed E-state index contributed by atoms with van der Waals surface area (Å²) in [7, 11) is 4.30. The van der Waals surface area contributed by atoms with Gasteiger partial charge in [0, 0.05) is 38.8 Å². The summed E-state index contributed by atoms with van der Waals surface area (Å²) >= 11 is 0. The van der Waals surface area contributed by atoms with E-state index in [9.17, 15) is 0 Å². The van der Waals surface area contributed by atoms with E-state index in [0.29, 0.717) is 6.04 Å². The van der Waals surface area contributed by atoms with Crippen LogP contribution < -0.4 is 0 Å². The molecule has 0 saturated carbocycles. The van der Waals surface area contributed by atoms with Crippen molar-refractivity contribution in [2.45, 2.75) is 45.4 Å². The lowest BCUT2D eigenvalue weighted by atomic mass is 10.2. The predicted octanol–water partition coefficient (Wildman–Crippen LogP) is 1.80. The van der Waals surface area contributed by atoms with E-state index in [1.165, 1.54) is 19.4 Å². The number of likely N-dealkylation sites (N-methyl/N-ethyl adjacent to an activating group) is 1. The average Bonchev–Trinajstić information content (AvgIpc) is 2.73. The van der Waals surface area contributed by atoms with Crippen LogP contribution in [0.1, 0.15) is 33.1 Å². The monoisotopic (exact) mass is 258 g/mol. The highest BCUT2D eigenvalue weighted by atomic mass is 16.7. The second kappa shape index (κ2) is 8.86. The van der Waals surface area contributed by atoms with E-state index in [4.69, 9.17) is 9.47 Å². The van der Waals surface area contributed by atoms with Gasteiger partial charge >= 0.3 is 0 Å². The number of likely N-dealkylation sites (tertiary alicyclic amines) is 1. The van der Waals surface area contributed by atoms with Gasteiger partial charge < -0.3 is 14.4 Å². The summed E-state index contributed by atoms with van der Waals surface area (Å²) in [6, 6.07) is 0.712.